The van der Waals surface area contributed by atoms with Crippen molar-refractivity contribution in [3.05, 3.63) is 59.2 Å². The van der Waals surface area contributed by atoms with Crippen molar-refractivity contribution >= 4 is 11.4 Å². The Morgan fingerprint density at radius 3 is 1.88 bits per heavy atom. The lowest BCUT2D eigenvalue weighted by molar-refractivity contribution is 0.227. The fraction of sp³-hybridized carbons (Fsp3) is 0.455. The topological polar surface area (TPSA) is 6.48 Å². The standard InChI is InChI=1S/C22H26F2N2/c23-19-9-7-17-5-6-18-8-10-20(24)16-22(18)26(21(17)15-19)14-4-13-25-11-2-1-3-12-25/h7-10,15-16H,1-6,11-14H2. The van der Waals surface area contributed by atoms with E-state index in [0.29, 0.717) is 0 Å². The van der Waals surface area contributed by atoms with Crippen molar-refractivity contribution in [2.75, 3.05) is 31.1 Å². The van der Waals surface area contributed by atoms with Crippen molar-refractivity contribution in [1.29, 1.82) is 0 Å². The number of piperidine rings is 1. The number of hydrogen-bond acceptors (Lipinski definition) is 2. The number of nitrogens with zero attached hydrogens (tertiary/aromatic N) is 2. The van der Waals surface area contributed by atoms with E-state index in [1.54, 1.807) is 12.1 Å². The molecule has 0 spiro atoms. The van der Waals surface area contributed by atoms with E-state index in [4.69, 9.17) is 0 Å². The summed E-state index contributed by atoms with van der Waals surface area (Å²) in [6.45, 7) is 4.18. The average Bonchev–Trinajstić information content (AvgIpc) is 2.80. The Hall–Kier alpha value is -1.94. The third-order valence-electron chi connectivity index (χ3n) is 5.64. The van der Waals surface area contributed by atoms with Crippen molar-refractivity contribution in [2.24, 2.45) is 0 Å². The highest BCUT2D eigenvalue weighted by Crippen LogP contribution is 2.37. The van der Waals surface area contributed by atoms with E-state index < -0.39 is 0 Å². The lowest BCUT2D eigenvalue weighted by Crippen LogP contribution is -2.32. The molecular weight excluding hydrogens is 330 g/mol. The zero-order valence-electron chi connectivity index (χ0n) is 15.2. The molecule has 26 heavy (non-hydrogen) atoms. The molecule has 2 aliphatic heterocycles. The number of aryl methyl sites for hydroxylation is 2. The molecule has 0 aromatic heterocycles. The first-order valence-corrected chi connectivity index (χ1v) is 9.77. The van der Waals surface area contributed by atoms with Gasteiger partial charge in [-0.1, -0.05) is 18.6 Å². The van der Waals surface area contributed by atoms with Crippen LogP contribution in [-0.4, -0.2) is 31.1 Å². The van der Waals surface area contributed by atoms with Crippen LogP contribution in [0.4, 0.5) is 20.2 Å². The van der Waals surface area contributed by atoms with Crippen LogP contribution in [0.3, 0.4) is 0 Å². The Kier molecular flexibility index (Phi) is 5.21. The van der Waals surface area contributed by atoms with E-state index in [0.717, 1.165) is 54.9 Å². The van der Waals surface area contributed by atoms with E-state index in [-0.39, 0.29) is 11.6 Å². The largest absolute Gasteiger partial charge is 0.341 e. The van der Waals surface area contributed by atoms with Gasteiger partial charge in [0.1, 0.15) is 11.6 Å². The summed E-state index contributed by atoms with van der Waals surface area (Å²) in [7, 11) is 0. The first-order valence-electron chi connectivity index (χ1n) is 9.77. The molecule has 1 saturated heterocycles. The second-order valence-electron chi connectivity index (χ2n) is 7.45. The van der Waals surface area contributed by atoms with Gasteiger partial charge in [-0.2, -0.15) is 0 Å². The van der Waals surface area contributed by atoms with Gasteiger partial charge in [0.2, 0.25) is 0 Å². The summed E-state index contributed by atoms with van der Waals surface area (Å²) in [4.78, 5) is 4.65. The molecule has 2 aliphatic rings. The van der Waals surface area contributed by atoms with Crippen LogP contribution >= 0.6 is 0 Å². The van der Waals surface area contributed by atoms with Gasteiger partial charge in [0.15, 0.2) is 0 Å². The number of rotatable bonds is 4. The van der Waals surface area contributed by atoms with Gasteiger partial charge in [-0.15, -0.1) is 0 Å². The quantitative estimate of drug-likeness (QED) is 0.754. The summed E-state index contributed by atoms with van der Waals surface area (Å²) in [6, 6.07) is 10.0. The Labute approximate surface area is 154 Å². The van der Waals surface area contributed by atoms with E-state index in [1.165, 1.54) is 44.5 Å². The first kappa shape index (κ1) is 17.5. The van der Waals surface area contributed by atoms with Gasteiger partial charge < -0.3 is 9.80 Å². The minimum Gasteiger partial charge on any atom is -0.341 e. The van der Waals surface area contributed by atoms with Crippen LogP contribution in [0.15, 0.2) is 36.4 Å². The number of likely N-dealkylation sites (tertiary alicyclic amines) is 1. The van der Waals surface area contributed by atoms with Crippen molar-refractivity contribution < 1.29 is 8.78 Å². The number of halogens is 2. The molecule has 0 unspecified atom stereocenters. The van der Waals surface area contributed by atoms with Crippen LogP contribution in [0.5, 0.6) is 0 Å². The van der Waals surface area contributed by atoms with Crippen LogP contribution < -0.4 is 4.90 Å². The molecule has 4 heteroatoms. The molecule has 2 aromatic carbocycles. The molecule has 0 bridgehead atoms. The van der Waals surface area contributed by atoms with Crippen LogP contribution in [0.2, 0.25) is 0 Å². The van der Waals surface area contributed by atoms with Gasteiger partial charge in [0.25, 0.3) is 0 Å². The Bertz CT molecular complexity index is 715. The molecule has 0 saturated carbocycles. The van der Waals surface area contributed by atoms with E-state index >= 15 is 0 Å². The maximum atomic E-state index is 14.0. The summed E-state index contributed by atoms with van der Waals surface area (Å²) >= 11 is 0. The van der Waals surface area contributed by atoms with E-state index in [2.05, 4.69) is 9.80 Å². The minimum absolute atomic E-state index is 0.232. The Morgan fingerprint density at radius 1 is 0.731 bits per heavy atom. The maximum Gasteiger partial charge on any atom is 0.125 e. The van der Waals surface area contributed by atoms with Crippen LogP contribution in [0.1, 0.15) is 36.8 Å². The van der Waals surface area contributed by atoms with E-state index in [9.17, 15) is 8.78 Å². The Morgan fingerprint density at radius 2 is 1.31 bits per heavy atom. The zero-order chi connectivity index (χ0) is 17.9. The van der Waals surface area contributed by atoms with Crippen molar-refractivity contribution in [3.63, 3.8) is 0 Å². The number of fused-ring (bicyclic) bond motifs is 2. The monoisotopic (exact) mass is 356 g/mol. The van der Waals surface area contributed by atoms with Gasteiger partial charge >= 0.3 is 0 Å². The van der Waals surface area contributed by atoms with E-state index in [1.807, 2.05) is 12.1 Å². The predicted molar refractivity (Wildman–Crippen MR) is 102 cm³/mol. The van der Waals surface area contributed by atoms with Crippen molar-refractivity contribution in [3.8, 4) is 0 Å². The molecule has 0 aliphatic carbocycles. The molecule has 2 nitrogen and oxygen atoms in total. The fourth-order valence-corrected chi connectivity index (χ4v) is 4.27. The van der Waals surface area contributed by atoms with Gasteiger partial charge in [-0.25, -0.2) is 8.78 Å². The highest BCUT2D eigenvalue weighted by atomic mass is 19.1. The van der Waals surface area contributed by atoms with Crippen molar-refractivity contribution in [1.82, 2.24) is 4.90 Å². The van der Waals surface area contributed by atoms with Gasteiger partial charge in [-0.05, 0) is 87.1 Å². The highest BCUT2D eigenvalue weighted by molar-refractivity contribution is 5.71. The second kappa shape index (κ2) is 7.75. The highest BCUT2D eigenvalue weighted by Gasteiger charge is 2.22. The van der Waals surface area contributed by atoms with Crippen LogP contribution in [0, 0.1) is 11.6 Å². The SMILES string of the molecule is Fc1ccc2c(c1)N(CCCN1CCCCC1)c1cc(F)ccc1CC2. The maximum absolute atomic E-state index is 14.0. The molecule has 0 atom stereocenters. The lowest BCUT2D eigenvalue weighted by Gasteiger charge is -2.30. The molecule has 2 heterocycles. The molecule has 0 amide bonds. The number of anilines is 2. The summed E-state index contributed by atoms with van der Waals surface area (Å²) in [6.07, 6.45) is 6.61. The molecule has 2 aromatic rings. The smallest absolute Gasteiger partial charge is 0.125 e. The second-order valence-corrected chi connectivity index (χ2v) is 7.45. The summed E-state index contributed by atoms with van der Waals surface area (Å²) in [5.41, 5.74) is 4.07. The molecule has 1 fully saturated rings. The third kappa shape index (κ3) is 3.75. The zero-order valence-corrected chi connectivity index (χ0v) is 15.2. The Balaban J connectivity index is 1.60. The van der Waals surface area contributed by atoms with Gasteiger partial charge in [-0.3, -0.25) is 0 Å². The fourth-order valence-electron chi connectivity index (χ4n) is 4.27. The first-order chi connectivity index (χ1) is 12.7. The predicted octanol–water partition coefficient (Wildman–Crippen LogP) is 5.08. The molecule has 4 rings (SSSR count). The van der Waals surface area contributed by atoms with Crippen molar-refractivity contribution in [2.45, 2.75) is 38.5 Å². The normalized spacial score (nSPS) is 17.5. The average molecular weight is 356 g/mol. The summed E-state index contributed by atoms with van der Waals surface area (Å²) in [5.74, 6) is -0.464. The molecule has 138 valence electrons. The summed E-state index contributed by atoms with van der Waals surface area (Å²) in [5, 5.41) is 0. The van der Waals surface area contributed by atoms with Crippen LogP contribution in [0.25, 0.3) is 0 Å². The van der Waals surface area contributed by atoms with Gasteiger partial charge in [0.05, 0.1) is 0 Å². The minimum atomic E-state index is -0.232. The molecular formula is C22H26F2N2. The molecule has 0 radical (unpaired) electrons. The van der Waals surface area contributed by atoms with Gasteiger partial charge in [0, 0.05) is 17.9 Å². The lowest BCUT2D eigenvalue weighted by atomic mass is 10.0. The third-order valence-corrected chi connectivity index (χ3v) is 5.64. The number of benzene rings is 2. The molecule has 0 N–H and O–H groups in total. The summed E-state index contributed by atoms with van der Waals surface area (Å²) < 4.78 is 27.9. The van der Waals surface area contributed by atoms with Crippen LogP contribution in [-0.2, 0) is 12.8 Å². The number of hydrogen-bond donors (Lipinski definition) is 0.